The number of thioether (sulfide) groups is 2. The number of carbonyl (C=O) groups excluding carboxylic acids is 3. The quantitative estimate of drug-likeness (QED) is 0.455. The minimum Gasteiger partial charge on any atom is -0.389 e. The van der Waals surface area contributed by atoms with Gasteiger partial charge in [-0.2, -0.15) is 0 Å². The van der Waals surface area contributed by atoms with Crippen LogP contribution in [-0.4, -0.2) is 54.8 Å². The molecule has 1 N–H and O–H groups in total. The second-order valence-corrected chi connectivity index (χ2v) is 12.9. The Morgan fingerprint density at radius 3 is 2.18 bits per heavy atom. The third-order valence-corrected chi connectivity index (χ3v) is 8.44. The SMILES string of the molecule is CC(=O)SC(C)(CC=O)CCC1OC1(C)C.CC1(C=O)CCC(C(C)(C)O)S1. The van der Waals surface area contributed by atoms with E-state index in [4.69, 9.17) is 4.74 Å². The van der Waals surface area contributed by atoms with Crippen molar-refractivity contribution in [1.29, 1.82) is 0 Å². The molecule has 162 valence electrons. The van der Waals surface area contributed by atoms with Crippen molar-refractivity contribution in [3.63, 3.8) is 0 Å². The van der Waals surface area contributed by atoms with Gasteiger partial charge < -0.3 is 19.4 Å². The fourth-order valence-electron chi connectivity index (χ4n) is 3.34. The molecule has 4 atom stereocenters. The second kappa shape index (κ2) is 9.63. The van der Waals surface area contributed by atoms with E-state index >= 15 is 0 Å². The van der Waals surface area contributed by atoms with Crippen LogP contribution in [0.4, 0.5) is 0 Å². The number of epoxide rings is 1. The summed E-state index contributed by atoms with van der Waals surface area (Å²) in [6.45, 7) is 13.2. The van der Waals surface area contributed by atoms with Gasteiger partial charge in [0, 0.05) is 23.3 Å². The van der Waals surface area contributed by atoms with Crippen molar-refractivity contribution in [1.82, 2.24) is 0 Å². The van der Waals surface area contributed by atoms with E-state index in [0.717, 1.165) is 38.3 Å². The van der Waals surface area contributed by atoms with Gasteiger partial charge in [-0.15, -0.1) is 11.8 Å². The first kappa shape index (κ1) is 25.7. The average molecular weight is 433 g/mol. The van der Waals surface area contributed by atoms with Crippen LogP contribution in [0.2, 0.25) is 0 Å². The maximum atomic E-state index is 11.1. The summed E-state index contributed by atoms with van der Waals surface area (Å²) in [5, 5.41) is 9.98. The first-order chi connectivity index (χ1) is 12.7. The molecule has 0 aromatic carbocycles. The van der Waals surface area contributed by atoms with Gasteiger partial charge in [-0.3, -0.25) is 4.79 Å². The molecule has 2 aliphatic rings. The van der Waals surface area contributed by atoms with Crippen molar-refractivity contribution in [2.24, 2.45) is 0 Å². The van der Waals surface area contributed by atoms with E-state index in [-0.39, 0.29) is 31.6 Å². The molecule has 7 heteroatoms. The Morgan fingerprint density at radius 2 is 1.86 bits per heavy atom. The van der Waals surface area contributed by atoms with Crippen LogP contribution in [0.3, 0.4) is 0 Å². The number of aliphatic hydroxyl groups is 1. The summed E-state index contributed by atoms with van der Waals surface area (Å²) < 4.78 is 4.97. The molecule has 0 amide bonds. The number of hydrogen-bond acceptors (Lipinski definition) is 7. The van der Waals surface area contributed by atoms with Crippen LogP contribution in [0.25, 0.3) is 0 Å². The highest BCUT2D eigenvalue weighted by atomic mass is 32.2. The minimum atomic E-state index is -0.661. The van der Waals surface area contributed by atoms with Gasteiger partial charge >= 0.3 is 0 Å². The van der Waals surface area contributed by atoms with Crippen LogP contribution in [0, 0.1) is 0 Å². The molecule has 0 saturated carbocycles. The number of ether oxygens (including phenoxy) is 1. The molecule has 28 heavy (non-hydrogen) atoms. The number of hydrogen-bond donors (Lipinski definition) is 1. The Morgan fingerprint density at radius 1 is 1.29 bits per heavy atom. The standard InChI is InChI=1S/C12H20O3S.C9H16O2S/c1-9(14)16-12(4,7-8-13)6-5-10-11(2,3)15-10;1-8(2,11)7-4-5-9(3,6-10)12-7/h8,10H,5-7H2,1-4H3;6-7,11H,4-5H2,1-3H3. The van der Waals surface area contributed by atoms with E-state index in [2.05, 4.69) is 13.8 Å². The third kappa shape index (κ3) is 8.17. The summed E-state index contributed by atoms with van der Waals surface area (Å²) in [6.07, 6.45) is 6.18. The lowest BCUT2D eigenvalue weighted by Gasteiger charge is -2.25. The zero-order valence-corrected chi connectivity index (χ0v) is 19.9. The lowest BCUT2D eigenvalue weighted by molar-refractivity contribution is -0.110. The van der Waals surface area contributed by atoms with E-state index in [1.54, 1.807) is 32.5 Å². The summed E-state index contributed by atoms with van der Waals surface area (Å²) >= 11 is 2.87. The molecule has 2 rings (SSSR count). The van der Waals surface area contributed by atoms with Gasteiger partial charge in [0.05, 0.1) is 22.1 Å². The highest BCUT2D eigenvalue weighted by Gasteiger charge is 2.48. The predicted molar refractivity (Wildman–Crippen MR) is 117 cm³/mol. The largest absolute Gasteiger partial charge is 0.389 e. The highest BCUT2D eigenvalue weighted by molar-refractivity contribution is 8.14. The van der Waals surface area contributed by atoms with Crippen LogP contribution in [0.1, 0.15) is 80.6 Å². The van der Waals surface area contributed by atoms with E-state index in [1.807, 2.05) is 13.8 Å². The van der Waals surface area contributed by atoms with Gasteiger partial charge in [0.1, 0.15) is 12.6 Å². The Balaban J connectivity index is 0.000000292. The van der Waals surface area contributed by atoms with E-state index in [0.29, 0.717) is 6.42 Å². The fraction of sp³-hybridized carbons (Fsp3) is 0.857. The van der Waals surface area contributed by atoms with Crippen molar-refractivity contribution in [2.75, 3.05) is 0 Å². The van der Waals surface area contributed by atoms with Crippen LogP contribution in [0.5, 0.6) is 0 Å². The molecule has 5 nitrogen and oxygen atoms in total. The fourth-order valence-corrected chi connectivity index (χ4v) is 5.87. The van der Waals surface area contributed by atoms with Gasteiger partial charge in [0.2, 0.25) is 0 Å². The molecular formula is C21H36O5S2. The molecule has 0 radical (unpaired) electrons. The predicted octanol–water partition coefficient (Wildman–Crippen LogP) is 4.18. The summed E-state index contributed by atoms with van der Waals surface area (Å²) in [5.41, 5.74) is -0.672. The summed E-state index contributed by atoms with van der Waals surface area (Å²) in [4.78, 5) is 32.5. The molecule has 2 aliphatic heterocycles. The van der Waals surface area contributed by atoms with Crippen LogP contribution in [0.15, 0.2) is 0 Å². The first-order valence-electron chi connectivity index (χ1n) is 9.84. The normalized spacial score (nSPS) is 30.6. The first-order valence-corrected chi connectivity index (χ1v) is 11.5. The van der Waals surface area contributed by atoms with Gasteiger partial charge in [0.25, 0.3) is 0 Å². The molecule has 2 fully saturated rings. The second-order valence-electron chi connectivity index (χ2n) is 9.39. The molecule has 2 saturated heterocycles. The zero-order chi connectivity index (χ0) is 21.8. The molecule has 2 heterocycles. The Hall–Kier alpha value is -0.370. The lowest BCUT2D eigenvalue weighted by Crippen LogP contribution is -2.32. The average Bonchev–Trinajstić information content (AvgIpc) is 2.95. The van der Waals surface area contributed by atoms with Gasteiger partial charge in [-0.05, 0) is 67.2 Å². The van der Waals surface area contributed by atoms with E-state index < -0.39 is 5.60 Å². The number of aldehydes is 2. The van der Waals surface area contributed by atoms with Crippen molar-refractivity contribution >= 4 is 41.2 Å². The van der Waals surface area contributed by atoms with Crippen molar-refractivity contribution in [3.05, 3.63) is 0 Å². The zero-order valence-electron chi connectivity index (χ0n) is 18.2. The van der Waals surface area contributed by atoms with Gasteiger partial charge in [-0.1, -0.05) is 11.8 Å². The van der Waals surface area contributed by atoms with Crippen LogP contribution in [-0.2, 0) is 19.1 Å². The monoisotopic (exact) mass is 432 g/mol. The maximum Gasteiger partial charge on any atom is 0.186 e. The van der Waals surface area contributed by atoms with Crippen molar-refractivity contribution in [3.8, 4) is 0 Å². The number of carbonyl (C=O) groups is 3. The highest BCUT2D eigenvalue weighted by Crippen LogP contribution is 2.45. The summed E-state index contributed by atoms with van der Waals surface area (Å²) in [7, 11) is 0. The molecule has 0 spiro atoms. The van der Waals surface area contributed by atoms with E-state index in [9.17, 15) is 19.5 Å². The Kier molecular flexibility index (Phi) is 8.82. The van der Waals surface area contributed by atoms with Gasteiger partial charge in [0.15, 0.2) is 5.12 Å². The van der Waals surface area contributed by atoms with E-state index in [1.165, 1.54) is 11.8 Å². The molecular weight excluding hydrogens is 396 g/mol. The number of rotatable bonds is 8. The maximum absolute atomic E-state index is 11.1. The van der Waals surface area contributed by atoms with Crippen molar-refractivity contribution < 1.29 is 24.2 Å². The Labute approximate surface area is 178 Å². The topological polar surface area (TPSA) is 84.0 Å². The molecule has 0 aromatic rings. The van der Waals surface area contributed by atoms with Crippen LogP contribution < -0.4 is 0 Å². The summed E-state index contributed by atoms with van der Waals surface area (Å²) in [6, 6.07) is 0. The Bertz CT molecular complexity index is 572. The van der Waals surface area contributed by atoms with Crippen LogP contribution >= 0.6 is 23.5 Å². The molecule has 4 unspecified atom stereocenters. The molecule has 0 aromatic heterocycles. The summed E-state index contributed by atoms with van der Waals surface area (Å²) in [5.74, 6) is 0. The molecule has 0 bridgehead atoms. The van der Waals surface area contributed by atoms with Gasteiger partial charge in [-0.25, -0.2) is 0 Å². The van der Waals surface area contributed by atoms with Crippen molar-refractivity contribution in [2.45, 2.75) is 113 Å². The minimum absolute atomic E-state index is 0.0109. The smallest absolute Gasteiger partial charge is 0.186 e. The third-order valence-electron chi connectivity index (χ3n) is 5.36. The lowest BCUT2D eigenvalue weighted by atomic mass is 9.97. The molecule has 0 aliphatic carbocycles.